The molecule has 0 amide bonds. The number of rotatable bonds is 74. The fourth-order valence-electron chi connectivity index (χ4n) is 10.1. The van der Waals surface area contributed by atoms with Gasteiger partial charge in [0, 0.05) is 25.7 Å². The van der Waals surface area contributed by atoms with E-state index in [1.807, 2.05) is 36.5 Å². The van der Waals surface area contributed by atoms with Crippen molar-refractivity contribution in [2.45, 2.75) is 329 Å². The first-order valence-corrected chi connectivity index (χ1v) is 43.1. The van der Waals surface area contributed by atoms with Crippen LogP contribution in [0.25, 0.3) is 0 Å². The fraction of sp³-hybridized carbons (Fsp3) is 0.671. The Morgan fingerprint density at radius 3 is 0.788 bits per heavy atom. The Kier molecular flexibility index (Phi) is 72.4. The summed E-state index contributed by atoms with van der Waals surface area (Å²) in [6.07, 6.45) is 87.2. The van der Waals surface area contributed by atoms with Gasteiger partial charge in [0.25, 0.3) is 0 Å². The lowest BCUT2D eigenvalue weighted by atomic mass is 10.1. The van der Waals surface area contributed by atoms with E-state index in [0.29, 0.717) is 38.5 Å². The van der Waals surface area contributed by atoms with Crippen molar-refractivity contribution in [2.24, 2.45) is 0 Å². The lowest BCUT2D eigenvalue weighted by Gasteiger charge is -2.21. The molecule has 0 radical (unpaired) electrons. The van der Waals surface area contributed by atoms with Crippen LogP contribution in [0.4, 0.5) is 0 Å². The second kappa shape index (κ2) is 76.1. The SMILES string of the molecule is CCCCC/C=C\C/C=C\C/C=C\C/C=C\C/C=C\CCC(=O)O[C@H](COC(=O)CCCCCCC/C=C\CCCCCC)COP(=O)(O)OCC(O)COP(=O)(O)OC[C@@H](COC(=O)CCCCCCC/C=C\CCCCCC)OC(=O)CC/C=C\C/C=C\C/C=C\C/C=C\C/C=C\CCCCC. The van der Waals surface area contributed by atoms with Gasteiger partial charge in [-0.1, -0.05) is 276 Å². The Balaban J connectivity index is 5.51. The average molecular weight is 1500 g/mol. The van der Waals surface area contributed by atoms with Gasteiger partial charge in [0.05, 0.1) is 26.4 Å². The van der Waals surface area contributed by atoms with Crippen molar-refractivity contribution in [1.82, 2.24) is 0 Å². The van der Waals surface area contributed by atoms with Gasteiger partial charge in [-0.2, -0.15) is 0 Å². The molecule has 0 aromatic heterocycles. The molecular formula is C85H142O17P2. The van der Waals surface area contributed by atoms with Crippen molar-refractivity contribution in [1.29, 1.82) is 0 Å². The Morgan fingerprint density at radius 1 is 0.269 bits per heavy atom. The summed E-state index contributed by atoms with van der Waals surface area (Å²) in [5.41, 5.74) is 0. The second-order valence-corrected chi connectivity index (χ2v) is 29.2. The van der Waals surface area contributed by atoms with Gasteiger partial charge in [0.15, 0.2) is 12.2 Å². The van der Waals surface area contributed by atoms with E-state index in [4.69, 9.17) is 37.0 Å². The normalized spacial score (nSPS) is 14.6. The first-order valence-electron chi connectivity index (χ1n) is 40.1. The molecule has 0 fully saturated rings. The molecule has 0 aliphatic carbocycles. The molecule has 0 aliphatic heterocycles. The summed E-state index contributed by atoms with van der Waals surface area (Å²) in [5.74, 6) is -2.39. The maximum absolute atomic E-state index is 13.1. The number of hydrogen-bond acceptors (Lipinski definition) is 15. The van der Waals surface area contributed by atoms with Gasteiger partial charge in [-0.3, -0.25) is 37.3 Å². The second-order valence-electron chi connectivity index (χ2n) is 26.3. The molecule has 0 bridgehead atoms. The largest absolute Gasteiger partial charge is 0.472 e. The lowest BCUT2D eigenvalue weighted by Crippen LogP contribution is -2.30. The maximum atomic E-state index is 13.1. The number of ether oxygens (including phenoxy) is 4. The van der Waals surface area contributed by atoms with Crippen LogP contribution in [0.15, 0.2) is 146 Å². The number of phosphoric ester groups is 2. The van der Waals surface area contributed by atoms with Crippen LogP contribution in [0.2, 0.25) is 0 Å². The Hall–Kier alpha value is -5.06. The van der Waals surface area contributed by atoms with Crippen molar-refractivity contribution >= 4 is 39.5 Å². The molecule has 104 heavy (non-hydrogen) atoms. The monoisotopic (exact) mass is 1500 g/mol. The van der Waals surface area contributed by atoms with Gasteiger partial charge in [-0.05, 0) is 154 Å². The number of carbonyl (C=O) groups is 4. The molecule has 0 aromatic rings. The number of hydrogen-bond donors (Lipinski definition) is 3. The highest BCUT2D eigenvalue weighted by Crippen LogP contribution is 2.45. The third-order valence-electron chi connectivity index (χ3n) is 16.3. The minimum atomic E-state index is -5.01. The van der Waals surface area contributed by atoms with Crippen LogP contribution in [-0.2, 0) is 65.4 Å². The number of phosphoric acid groups is 2. The van der Waals surface area contributed by atoms with Gasteiger partial charge in [0.2, 0.25) is 0 Å². The maximum Gasteiger partial charge on any atom is 0.472 e. The summed E-state index contributed by atoms with van der Waals surface area (Å²) in [4.78, 5) is 72.9. The third kappa shape index (κ3) is 75.2. The number of aliphatic hydroxyl groups excluding tert-OH is 1. The molecule has 19 heteroatoms. The van der Waals surface area contributed by atoms with Crippen LogP contribution >= 0.6 is 15.6 Å². The zero-order valence-corrected chi connectivity index (χ0v) is 66.7. The predicted octanol–water partition coefficient (Wildman–Crippen LogP) is 23.4. The van der Waals surface area contributed by atoms with Gasteiger partial charge >= 0.3 is 39.5 Å². The number of esters is 4. The highest BCUT2D eigenvalue weighted by Gasteiger charge is 2.30. The van der Waals surface area contributed by atoms with E-state index in [1.165, 1.54) is 89.9 Å². The number of unbranched alkanes of at least 4 members (excludes halogenated alkanes) is 24. The van der Waals surface area contributed by atoms with Crippen LogP contribution in [0.3, 0.4) is 0 Å². The van der Waals surface area contributed by atoms with E-state index in [9.17, 15) is 43.2 Å². The van der Waals surface area contributed by atoms with Crippen molar-refractivity contribution in [3.63, 3.8) is 0 Å². The molecule has 4 atom stereocenters. The molecule has 0 rings (SSSR count). The summed E-state index contributed by atoms with van der Waals surface area (Å²) < 4.78 is 68.4. The number of allylic oxidation sites excluding steroid dienone is 24. The number of carbonyl (C=O) groups excluding carboxylic acids is 4. The molecule has 0 aliphatic rings. The van der Waals surface area contributed by atoms with Crippen molar-refractivity contribution < 1.29 is 80.2 Å². The molecule has 0 aromatic carbocycles. The molecule has 0 heterocycles. The van der Waals surface area contributed by atoms with E-state index in [0.717, 1.165) is 128 Å². The number of aliphatic hydroxyl groups is 1. The Labute approximate surface area is 630 Å². The zero-order chi connectivity index (χ0) is 76.0. The van der Waals surface area contributed by atoms with Crippen LogP contribution < -0.4 is 0 Å². The molecule has 3 N–H and O–H groups in total. The predicted molar refractivity (Wildman–Crippen MR) is 427 cm³/mol. The first kappa shape index (κ1) is 98.9. The van der Waals surface area contributed by atoms with Gasteiger partial charge in [-0.25, -0.2) is 9.13 Å². The van der Waals surface area contributed by atoms with Crippen LogP contribution in [0, 0.1) is 0 Å². The average Bonchev–Trinajstić information content (AvgIpc) is 0.907. The van der Waals surface area contributed by atoms with E-state index >= 15 is 0 Å². The van der Waals surface area contributed by atoms with Gasteiger partial charge in [-0.15, -0.1) is 0 Å². The fourth-order valence-corrected chi connectivity index (χ4v) is 11.7. The standard InChI is InChI=1S/C85H142O17P2/c1-5-9-13-17-21-25-29-33-35-37-39-41-43-47-51-55-59-63-67-71-84(89)101-80(75-95-82(87)69-65-61-57-53-49-45-31-27-23-19-15-11-7-3)77-99-103(91,92)97-73-79(86)74-98-104(93,94)100-78-81(76-96-83(88)70-66-62-58-54-50-46-32-28-24-20-16-12-8-4)102-85(90)72-68-64-60-56-52-48-44-42-40-38-36-34-30-26-22-18-14-10-6-2/h21-22,25-28,31-36,39-42,47-48,51-52,59-60,63-64,79-81,86H,5-20,23-24,29-30,37-38,43-46,49-50,53-58,61-62,65-78H2,1-4H3,(H,91,92)(H,93,94)/b25-21-,26-22-,31-27-,32-28-,35-33-,36-34-,41-39-,42-40-,51-47-,52-48-,63-59-,64-60-/t80-,81-/m1/s1. The summed E-state index contributed by atoms with van der Waals surface area (Å²) >= 11 is 0. The van der Waals surface area contributed by atoms with E-state index in [-0.39, 0.29) is 25.7 Å². The smallest absolute Gasteiger partial charge is 0.462 e. The highest BCUT2D eigenvalue weighted by atomic mass is 31.2. The van der Waals surface area contributed by atoms with E-state index in [2.05, 4.69) is 137 Å². The summed E-state index contributed by atoms with van der Waals surface area (Å²) in [6, 6.07) is 0. The van der Waals surface area contributed by atoms with E-state index < -0.39 is 97.5 Å². The van der Waals surface area contributed by atoms with Gasteiger partial charge < -0.3 is 33.8 Å². The summed E-state index contributed by atoms with van der Waals surface area (Å²) in [7, 11) is -10.0. The van der Waals surface area contributed by atoms with Crippen LogP contribution in [0.5, 0.6) is 0 Å². The molecule has 2 unspecified atom stereocenters. The summed E-state index contributed by atoms with van der Waals surface area (Å²) in [6.45, 7) is 4.59. The van der Waals surface area contributed by atoms with Crippen LogP contribution in [-0.4, -0.2) is 96.7 Å². The van der Waals surface area contributed by atoms with Crippen molar-refractivity contribution in [3.8, 4) is 0 Å². The molecule has 0 saturated carbocycles. The minimum absolute atomic E-state index is 0.0355. The third-order valence-corrected chi connectivity index (χ3v) is 18.2. The highest BCUT2D eigenvalue weighted by molar-refractivity contribution is 7.47. The lowest BCUT2D eigenvalue weighted by molar-refractivity contribution is -0.161. The van der Waals surface area contributed by atoms with E-state index in [1.54, 1.807) is 0 Å². The first-order chi connectivity index (χ1) is 50.7. The molecule has 594 valence electrons. The zero-order valence-electron chi connectivity index (χ0n) is 64.9. The minimum Gasteiger partial charge on any atom is -0.462 e. The molecule has 0 spiro atoms. The molecular weight excluding hydrogens is 1350 g/mol. The molecule has 17 nitrogen and oxygen atoms in total. The topological polar surface area (TPSA) is 237 Å². The van der Waals surface area contributed by atoms with Crippen molar-refractivity contribution in [3.05, 3.63) is 146 Å². The summed E-state index contributed by atoms with van der Waals surface area (Å²) in [5, 5.41) is 10.6. The quantitative estimate of drug-likeness (QED) is 0.0169. The Bertz CT molecular complexity index is 2370. The molecule has 0 saturated heterocycles. The van der Waals surface area contributed by atoms with Crippen LogP contribution in [0.1, 0.15) is 310 Å². The van der Waals surface area contributed by atoms with Gasteiger partial charge in [0.1, 0.15) is 19.3 Å². The van der Waals surface area contributed by atoms with Crippen molar-refractivity contribution in [2.75, 3.05) is 39.6 Å². The Morgan fingerprint density at radius 2 is 0.490 bits per heavy atom.